The van der Waals surface area contributed by atoms with Crippen LogP contribution in [-0.2, 0) is 20.7 Å². The Morgan fingerprint density at radius 3 is 2.47 bits per heavy atom. The van der Waals surface area contributed by atoms with Gasteiger partial charge in [-0.1, -0.05) is 12.1 Å². The van der Waals surface area contributed by atoms with Gasteiger partial charge in [0.1, 0.15) is 18.0 Å². The Morgan fingerprint density at radius 2 is 1.88 bits per heavy atom. The van der Waals surface area contributed by atoms with Crippen LogP contribution in [-0.4, -0.2) is 23.5 Å². The molecule has 0 radical (unpaired) electrons. The van der Waals surface area contributed by atoms with Crippen LogP contribution in [0.15, 0.2) is 24.3 Å². The maximum absolute atomic E-state index is 11.4. The van der Waals surface area contributed by atoms with Crippen molar-refractivity contribution in [2.75, 3.05) is 6.61 Å². The largest absolute Gasteiger partial charge is 0.508 e. The minimum Gasteiger partial charge on any atom is -0.508 e. The third kappa shape index (κ3) is 5.15. The van der Waals surface area contributed by atoms with Crippen molar-refractivity contribution in [3.63, 3.8) is 0 Å². The molecule has 0 spiro atoms. The fraction of sp³-hybridized carbons (Fsp3) is 0.385. The zero-order valence-corrected chi connectivity index (χ0v) is 9.81. The molecule has 0 bridgehead atoms. The average Bonchev–Trinajstić information content (AvgIpc) is 2.28. The van der Waals surface area contributed by atoms with Gasteiger partial charge in [-0.2, -0.15) is 0 Å². The summed E-state index contributed by atoms with van der Waals surface area (Å²) in [5, 5.41) is 9.08. The minimum atomic E-state index is -0.469. The van der Waals surface area contributed by atoms with Gasteiger partial charge in [-0.05, 0) is 31.0 Å². The normalized spacial score (nSPS) is 9.94. The van der Waals surface area contributed by atoms with Crippen molar-refractivity contribution in [1.29, 1.82) is 0 Å². The van der Waals surface area contributed by atoms with Gasteiger partial charge >= 0.3 is 5.97 Å². The monoisotopic (exact) mass is 236 g/mol. The van der Waals surface area contributed by atoms with Crippen LogP contribution in [0.2, 0.25) is 0 Å². The highest BCUT2D eigenvalue weighted by atomic mass is 16.5. The zero-order chi connectivity index (χ0) is 12.7. The molecule has 0 aliphatic heterocycles. The predicted octanol–water partition coefficient (Wildman–Crippen LogP) is 1.85. The van der Waals surface area contributed by atoms with Gasteiger partial charge in [-0.25, -0.2) is 0 Å². The van der Waals surface area contributed by atoms with Crippen molar-refractivity contribution in [1.82, 2.24) is 0 Å². The number of aromatic hydroxyl groups is 1. The second-order valence-corrected chi connectivity index (χ2v) is 3.69. The Kier molecular flexibility index (Phi) is 5.20. The minimum absolute atomic E-state index is 0.128. The van der Waals surface area contributed by atoms with Crippen molar-refractivity contribution in [3.8, 4) is 5.75 Å². The third-order valence-corrected chi connectivity index (χ3v) is 2.28. The average molecular weight is 236 g/mol. The van der Waals surface area contributed by atoms with Crippen LogP contribution in [0.4, 0.5) is 0 Å². The van der Waals surface area contributed by atoms with Crippen LogP contribution < -0.4 is 0 Å². The molecule has 0 saturated carbocycles. The first-order chi connectivity index (χ1) is 8.11. The highest BCUT2D eigenvalue weighted by molar-refractivity contribution is 5.95. The van der Waals surface area contributed by atoms with Crippen LogP contribution in [0, 0.1) is 0 Å². The quantitative estimate of drug-likeness (QED) is 0.604. The Hall–Kier alpha value is -1.84. The smallest absolute Gasteiger partial charge is 0.313 e. The summed E-state index contributed by atoms with van der Waals surface area (Å²) in [5.74, 6) is -0.397. The number of benzene rings is 1. The van der Waals surface area contributed by atoms with Gasteiger partial charge in [0.15, 0.2) is 0 Å². The molecule has 0 unspecified atom stereocenters. The molecule has 0 aliphatic rings. The number of phenolic OH excluding ortho intramolecular Hbond substituents is 1. The van der Waals surface area contributed by atoms with E-state index in [-0.39, 0.29) is 18.0 Å². The fourth-order valence-corrected chi connectivity index (χ4v) is 1.41. The number of esters is 1. The van der Waals surface area contributed by atoms with Crippen molar-refractivity contribution < 1.29 is 19.4 Å². The molecule has 0 saturated heterocycles. The first-order valence-corrected chi connectivity index (χ1v) is 5.57. The number of ketones is 1. The molecule has 17 heavy (non-hydrogen) atoms. The molecule has 4 nitrogen and oxygen atoms in total. The van der Waals surface area contributed by atoms with Crippen molar-refractivity contribution >= 4 is 11.8 Å². The molecule has 0 fully saturated rings. The van der Waals surface area contributed by atoms with Crippen molar-refractivity contribution in [2.45, 2.75) is 26.2 Å². The lowest BCUT2D eigenvalue weighted by molar-refractivity contribution is -0.145. The molecule has 0 heterocycles. The van der Waals surface area contributed by atoms with Gasteiger partial charge in [-0.15, -0.1) is 0 Å². The summed E-state index contributed by atoms with van der Waals surface area (Å²) in [5.41, 5.74) is 0.958. The molecule has 1 rings (SSSR count). The second kappa shape index (κ2) is 6.68. The van der Waals surface area contributed by atoms with Crippen LogP contribution in [0.25, 0.3) is 0 Å². The van der Waals surface area contributed by atoms with Crippen LogP contribution in [0.3, 0.4) is 0 Å². The van der Waals surface area contributed by atoms with E-state index in [9.17, 15) is 9.59 Å². The topological polar surface area (TPSA) is 63.6 Å². The van der Waals surface area contributed by atoms with E-state index in [1.807, 2.05) is 0 Å². The molecule has 0 amide bonds. The van der Waals surface area contributed by atoms with E-state index in [0.29, 0.717) is 19.4 Å². The van der Waals surface area contributed by atoms with E-state index in [2.05, 4.69) is 4.74 Å². The number of Topliss-reactive ketones (excluding diaryl/α,β-unsaturated/α-hetero) is 1. The lowest BCUT2D eigenvalue weighted by atomic mass is 10.1. The van der Waals surface area contributed by atoms with E-state index in [1.54, 1.807) is 31.2 Å². The fourth-order valence-electron chi connectivity index (χ4n) is 1.41. The van der Waals surface area contributed by atoms with E-state index in [4.69, 9.17) is 5.11 Å². The lowest BCUT2D eigenvalue weighted by Crippen LogP contribution is -2.11. The van der Waals surface area contributed by atoms with Crippen LogP contribution >= 0.6 is 0 Å². The van der Waals surface area contributed by atoms with Gasteiger partial charge < -0.3 is 9.84 Å². The zero-order valence-electron chi connectivity index (χ0n) is 9.81. The number of aryl methyl sites for hydroxylation is 1. The Labute approximate surface area is 100 Å². The number of phenols is 1. The van der Waals surface area contributed by atoms with E-state index >= 15 is 0 Å². The lowest BCUT2D eigenvalue weighted by Gasteiger charge is -2.02. The summed E-state index contributed by atoms with van der Waals surface area (Å²) in [7, 11) is 0. The molecule has 0 atom stereocenters. The number of carbonyl (C=O) groups is 2. The summed E-state index contributed by atoms with van der Waals surface area (Å²) < 4.78 is 4.69. The Balaban J connectivity index is 2.33. The van der Waals surface area contributed by atoms with Gasteiger partial charge in [0, 0.05) is 6.42 Å². The maximum Gasteiger partial charge on any atom is 0.313 e. The molecule has 0 aromatic heterocycles. The predicted molar refractivity (Wildman–Crippen MR) is 62.7 cm³/mol. The summed E-state index contributed by atoms with van der Waals surface area (Å²) in [6.45, 7) is 2.00. The van der Waals surface area contributed by atoms with E-state index < -0.39 is 5.97 Å². The van der Waals surface area contributed by atoms with Crippen molar-refractivity contribution in [2.24, 2.45) is 0 Å². The number of rotatable bonds is 6. The SMILES string of the molecule is CCOC(=O)CC(=O)CCc1ccc(O)cc1. The molecule has 1 aromatic rings. The molecule has 92 valence electrons. The van der Waals surface area contributed by atoms with Crippen LogP contribution in [0.5, 0.6) is 5.75 Å². The second-order valence-electron chi connectivity index (χ2n) is 3.69. The molecule has 1 aromatic carbocycles. The first-order valence-electron chi connectivity index (χ1n) is 5.57. The third-order valence-electron chi connectivity index (χ3n) is 2.28. The first kappa shape index (κ1) is 13.2. The molecule has 4 heteroatoms. The van der Waals surface area contributed by atoms with E-state index in [1.165, 1.54) is 0 Å². The number of hydrogen-bond acceptors (Lipinski definition) is 4. The summed E-state index contributed by atoms with van der Waals surface area (Å²) >= 11 is 0. The van der Waals surface area contributed by atoms with Crippen molar-refractivity contribution in [3.05, 3.63) is 29.8 Å². The number of ether oxygens (including phenoxy) is 1. The van der Waals surface area contributed by atoms with Gasteiger partial charge in [0.05, 0.1) is 6.61 Å². The van der Waals surface area contributed by atoms with Gasteiger partial charge in [0.2, 0.25) is 0 Å². The van der Waals surface area contributed by atoms with Crippen LogP contribution in [0.1, 0.15) is 25.3 Å². The molecular formula is C13H16O4. The Bertz CT molecular complexity index is 381. The summed E-state index contributed by atoms with van der Waals surface area (Å²) in [4.78, 5) is 22.5. The molecule has 0 aliphatic carbocycles. The summed E-state index contributed by atoms with van der Waals surface area (Å²) in [6.07, 6.45) is 0.716. The summed E-state index contributed by atoms with van der Waals surface area (Å²) in [6, 6.07) is 6.66. The maximum atomic E-state index is 11.4. The molecular weight excluding hydrogens is 220 g/mol. The molecule has 1 N–H and O–H groups in total. The number of carbonyl (C=O) groups excluding carboxylic acids is 2. The highest BCUT2D eigenvalue weighted by Gasteiger charge is 2.10. The van der Waals surface area contributed by atoms with E-state index in [0.717, 1.165) is 5.56 Å². The highest BCUT2D eigenvalue weighted by Crippen LogP contribution is 2.11. The van der Waals surface area contributed by atoms with Gasteiger partial charge in [-0.3, -0.25) is 9.59 Å². The number of hydrogen-bond donors (Lipinski definition) is 1. The Morgan fingerprint density at radius 1 is 1.24 bits per heavy atom. The van der Waals surface area contributed by atoms with Gasteiger partial charge in [0.25, 0.3) is 0 Å². The standard InChI is InChI=1S/C13H16O4/c1-2-17-13(16)9-12(15)8-5-10-3-6-11(14)7-4-10/h3-4,6-7,14H,2,5,8-9H2,1H3.